The van der Waals surface area contributed by atoms with Gasteiger partial charge in [0.15, 0.2) is 0 Å². The van der Waals surface area contributed by atoms with Crippen molar-refractivity contribution in [3.8, 4) is 0 Å². The minimum Gasteiger partial charge on any atom is -0.359 e. The molecule has 1 saturated carbocycles. The molecule has 1 aliphatic carbocycles. The average Bonchev–Trinajstić information content (AvgIpc) is 3.15. The molecule has 2 fully saturated rings. The largest absolute Gasteiger partial charge is 0.359 e. The molecule has 0 bridgehead atoms. The Morgan fingerprint density at radius 3 is 2.86 bits per heavy atom. The number of hydrogen-bond donors (Lipinski definition) is 2. The molecular weight excluding hydrogens is 376 g/mol. The van der Waals surface area contributed by atoms with Crippen molar-refractivity contribution in [2.75, 3.05) is 20.1 Å². The van der Waals surface area contributed by atoms with E-state index in [0.717, 1.165) is 61.9 Å². The Balaban J connectivity index is 1.55. The first-order valence-electron chi connectivity index (χ1n) is 10.2. The van der Waals surface area contributed by atoms with Crippen molar-refractivity contribution >= 4 is 34.4 Å². The number of imidazole rings is 1. The number of aromatic amines is 1. The van der Waals surface area contributed by atoms with E-state index in [2.05, 4.69) is 10.3 Å². The molecule has 0 unspecified atom stereocenters. The third-order valence-electron chi connectivity index (χ3n) is 6.25. The Morgan fingerprint density at radius 1 is 1.21 bits per heavy atom. The summed E-state index contributed by atoms with van der Waals surface area (Å²) in [6.07, 6.45) is 5.73. The monoisotopic (exact) mass is 402 g/mol. The van der Waals surface area contributed by atoms with Gasteiger partial charge in [0.05, 0.1) is 17.0 Å². The van der Waals surface area contributed by atoms with Crippen LogP contribution in [0.5, 0.6) is 0 Å². The third-order valence-corrected chi connectivity index (χ3v) is 6.48. The Labute approximate surface area is 170 Å². The molecule has 2 aromatic rings. The highest BCUT2D eigenvalue weighted by atomic mass is 35.5. The van der Waals surface area contributed by atoms with Gasteiger partial charge in [-0.15, -0.1) is 0 Å². The number of aromatic nitrogens is 2. The summed E-state index contributed by atoms with van der Waals surface area (Å²) in [5, 5.41) is 3.40. The van der Waals surface area contributed by atoms with Crippen LogP contribution in [0.1, 0.15) is 50.3 Å². The van der Waals surface area contributed by atoms with E-state index in [4.69, 9.17) is 16.6 Å². The second-order valence-electron chi connectivity index (χ2n) is 8.02. The first-order valence-corrected chi connectivity index (χ1v) is 10.6. The molecule has 6 nitrogen and oxygen atoms in total. The summed E-state index contributed by atoms with van der Waals surface area (Å²) >= 11 is 6.10. The van der Waals surface area contributed by atoms with Crippen molar-refractivity contribution in [2.45, 2.75) is 44.4 Å². The first kappa shape index (κ1) is 19.2. The predicted molar refractivity (Wildman–Crippen MR) is 109 cm³/mol. The zero-order chi connectivity index (χ0) is 19.7. The molecule has 3 atom stereocenters. The minimum atomic E-state index is -0.0990. The van der Waals surface area contributed by atoms with Crippen molar-refractivity contribution in [3.63, 3.8) is 0 Å². The molecule has 0 spiro atoms. The average molecular weight is 403 g/mol. The van der Waals surface area contributed by atoms with Crippen LogP contribution < -0.4 is 5.32 Å². The number of piperidine rings is 1. The molecule has 2 aliphatic rings. The van der Waals surface area contributed by atoms with Gasteiger partial charge in [0.2, 0.25) is 11.8 Å². The number of fused-ring (bicyclic) bond motifs is 1. The topological polar surface area (TPSA) is 78.1 Å². The smallest absolute Gasteiger partial charge is 0.226 e. The number of rotatable bonds is 3. The van der Waals surface area contributed by atoms with Gasteiger partial charge in [-0.1, -0.05) is 24.4 Å². The molecule has 1 aliphatic heterocycles. The number of likely N-dealkylation sites (tertiary alicyclic amines) is 1. The summed E-state index contributed by atoms with van der Waals surface area (Å²) in [6.45, 7) is 1.27. The highest BCUT2D eigenvalue weighted by molar-refractivity contribution is 6.31. The Morgan fingerprint density at radius 2 is 2.04 bits per heavy atom. The summed E-state index contributed by atoms with van der Waals surface area (Å²) in [4.78, 5) is 35.5. The molecule has 1 aromatic heterocycles. The summed E-state index contributed by atoms with van der Waals surface area (Å²) in [7, 11) is 1.66. The lowest BCUT2D eigenvalue weighted by atomic mass is 9.77. The number of hydrogen-bond acceptors (Lipinski definition) is 3. The maximum atomic E-state index is 13.4. The molecule has 150 valence electrons. The fraction of sp³-hybridized carbons (Fsp3) is 0.571. The maximum absolute atomic E-state index is 13.4. The van der Waals surface area contributed by atoms with Gasteiger partial charge in [-0.3, -0.25) is 9.59 Å². The van der Waals surface area contributed by atoms with Gasteiger partial charge in [0.1, 0.15) is 5.82 Å². The van der Waals surface area contributed by atoms with Gasteiger partial charge in [0, 0.05) is 37.0 Å². The fourth-order valence-electron chi connectivity index (χ4n) is 4.76. The van der Waals surface area contributed by atoms with Gasteiger partial charge in [-0.2, -0.15) is 0 Å². The Kier molecular flexibility index (Phi) is 5.58. The SMILES string of the molecule is CNC(=O)[C@@H]1CCCN(C(=O)[C@H]2CCCC[C@@H]2c2nc3ccc(Cl)cc3[nH]2)C1. The molecule has 2 amide bonds. The van der Waals surface area contributed by atoms with Gasteiger partial charge in [-0.25, -0.2) is 4.98 Å². The number of carbonyl (C=O) groups excluding carboxylic acids is 2. The quantitative estimate of drug-likeness (QED) is 0.825. The molecule has 4 rings (SSSR count). The lowest BCUT2D eigenvalue weighted by Crippen LogP contribution is -2.48. The highest BCUT2D eigenvalue weighted by Crippen LogP contribution is 2.39. The third kappa shape index (κ3) is 3.75. The van der Waals surface area contributed by atoms with Crippen LogP contribution in [0.4, 0.5) is 0 Å². The van der Waals surface area contributed by atoms with Gasteiger partial charge < -0.3 is 15.2 Å². The van der Waals surface area contributed by atoms with Gasteiger partial charge in [0.25, 0.3) is 0 Å². The molecule has 1 saturated heterocycles. The maximum Gasteiger partial charge on any atom is 0.226 e. The lowest BCUT2D eigenvalue weighted by molar-refractivity contribution is -0.140. The summed E-state index contributed by atoms with van der Waals surface area (Å²) < 4.78 is 0. The van der Waals surface area contributed by atoms with E-state index in [1.54, 1.807) is 7.05 Å². The fourth-order valence-corrected chi connectivity index (χ4v) is 4.93. The predicted octanol–water partition coefficient (Wildman–Crippen LogP) is 3.47. The molecule has 1 aromatic carbocycles. The number of carbonyl (C=O) groups is 2. The van der Waals surface area contributed by atoms with Crippen LogP contribution in [-0.4, -0.2) is 46.8 Å². The van der Waals surface area contributed by atoms with E-state index in [1.165, 1.54) is 0 Å². The van der Waals surface area contributed by atoms with Crippen molar-refractivity contribution in [2.24, 2.45) is 11.8 Å². The molecular formula is C21H27ClN4O2. The lowest BCUT2D eigenvalue weighted by Gasteiger charge is -2.37. The minimum absolute atomic E-state index is 0.0341. The number of amides is 2. The zero-order valence-electron chi connectivity index (χ0n) is 16.2. The molecule has 28 heavy (non-hydrogen) atoms. The van der Waals surface area contributed by atoms with Gasteiger partial charge in [-0.05, 0) is 43.9 Å². The highest BCUT2D eigenvalue weighted by Gasteiger charge is 2.38. The summed E-state index contributed by atoms with van der Waals surface area (Å²) in [5.74, 6) is 1.01. The van der Waals surface area contributed by atoms with E-state index < -0.39 is 0 Å². The number of halogens is 1. The molecule has 0 radical (unpaired) electrons. The van der Waals surface area contributed by atoms with Crippen LogP contribution in [0.25, 0.3) is 11.0 Å². The van der Waals surface area contributed by atoms with Crippen LogP contribution in [0.15, 0.2) is 18.2 Å². The molecule has 7 heteroatoms. The van der Waals surface area contributed by atoms with E-state index in [0.29, 0.717) is 11.6 Å². The normalized spacial score (nSPS) is 25.6. The second kappa shape index (κ2) is 8.11. The molecule has 2 heterocycles. The van der Waals surface area contributed by atoms with Crippen LogP contribution in [0, 0.1) is 11.8 Å². The van der Waals surface area contributed by atoms with Crippen molar-refractivity contribution in [1.29, 1.82) is 0 Å². The number of nitrogens with zero attached hydrogens (tertiary/aromatic N) is 2. The summed E-state index contributed by atoms with van der Waals surface area (Å²) in [5.41, 5.74) is 1.80. The van der Waals surface area contributed by atoms with Crippen molar-refractivity contribution in [3.05, 3.63) is 29.0 Å². The van der Waals surface area contributed by atoms with E-state index >= 15 is 0 Å². The zero-order valence-corrected chi connectivity index (χ0v) is 17.0. The molecule has 2 N–H and O–H groups in total. The van der Waals surface area contributed by atoms with Crippen molar-refractivity contribution < 1.29 is 9.59 Å². The van der Waals surface area contributed by atoms with Crippen LogP contribution in [0.2, 0.25) is 5.02 Å². The van der Waals surface area contributed by atoms with E-state index in [-0.39, 0.29) is 29.6 Å². The second-order valence-corrected chi connectivity index (χ2v) is 8.46. The Hall–Kier alpha value is -2.08. The van der Waals surface area contributed by atoms with Crippen LogP contribution >= 0.6 is 11.6 Å². The summed E-state index contributed by atoms with van der Waals surface area (Å²) in [6, 6.07) is 5.63. The van der Waals surface area contributed by atoms with Crippen LogP contribution in [0.3, 0.4) is 0 Å². The Bertz CT molecular complexity index is 880. The van der Waals surface area contributed by atoms with Crippen molar-refractivity contribution in [1.82, 2.24) is 20.2 Å². The van der Waals surface area contributed by atoms with E-state index in [9.17, 15) is 9.59 Å². The van der Waals surface area contributed by atoms with E-state index in [1.807, 2.05) is 23.1 Å². The standard InChI is InChI=1S/C21H27ClN4O2/c1-23-20(27)13-5-4-10-26(12-13)21(28)16-7-3-2-6-15(16)19-24-17-9-8-14(22)11-18(17)25-19/h8-9,11,13,15-16H,2-7,10,12H2,1H3,(H,23,27)(H,24,25)/t13-,15+,16+/m1/s1. The first-order chi connectivity index (χ1) is 13.6. The number of nitrogens with one attached hydrogen (secondary N) is 2. The van der Waals surface area contributed by atoms with Crippen LogP contribution in [-0.2, 0) is 9.59 Å². The number of H-pyrrole nitrogens is 1. The number of benzene rings is 1. The van der Waals surface area contributed by atoms with Gasteiger partial charge >= 0.3 is 0 Å².